The summed E-state index contributed by atoms with van der Waals surface area (Å²) in [4.78, 5) is 13.3. The molecular formula is C20H23F3N3O3S+. The Balaban J connectivity index is 1.54. The fourth-order valence-corrected chi connectivity index (χ4v) is 4.73. The van der Waals surface area contributed by atoms with Gasteiger partial charge in [0.15, 0.2) is 6.54 Å². The van der Waals surface area contributed by atoms with Crippen LogP contribution in [0.15, 0.2) is 53.4 Å². The van der Waals surface area contributed by atoms with Gasteiger partial charge in [0.1, 0.15) is 0 Å². The van der Waals surface area contributed by atoms with E-state index in [2.05, 4.69) is 5.32 Å². The number of rotatable bonds is 5. The largest absolute Gasteiger partial charge is 0.416 e. The maximum atomic E-state index is 12.8. The van der Waals surface area contributed by atoms with Crippen molar-refractivity contribution >= 4 is 21.6 Å². The molecule has 2 N–H and O–H groups in total. The maximum Gasteiger partial charge on any atom is 0.416 e. The Morgan fingerprint density at radius 3 is 2.33 bits per heavy atom. The van der Waals surface area contributed by atoms with Crippen molar-refractivity contribution in [1.29, 1.82) is 0 Å². The Morgan fingerprint density at radius 1 is 1.10 bits per heavy atom. The Morgan fingerprint density at radius 2 is 1.73 bits per heavy atom. The van der Waals surface area contributed by atoms with Gasteiger partial charge in [0.25, 0.3) is 5.91 Å². The zero-order chi connectivity index (χ0) is 21.9. The van der Waals surface area contributed by atoms with Gasteiger partial charge in [-0.2, -0.15) is 17.5 Å². The van der Waals surface area contributed by atoms with Gasteiger partial charge in [-0.3, -0.25) is 4.79 Å². The van der Waals surface area contributed by atoms with Crippen LogP contribution in [0.25, 0.3) is 0 Å². The van der Waals surface area contributed by atoms with Crippen molar-refractivity contribution in [3.05, 3.63) is 59.7 Å². The van der Waals surface area contributed by atoms with Gasteiger partial charge >= 0.3 is 6.18 Å². The van der Waals surface area contributed by atoms with Gasteiger partial charge in [0, 0.05) is 5.69 Å². The number of sulfonamides is 1. The molecular weight excluding hydrogens is 419 g/mol. The van der Waals surface area contributed by atoms with E-state index in [0.717, 1.165) is 22.6 Å². The minimum atomic E-state index is -4.48. The predicted molar refractivity (Wildman–Crippen MR) is 106 cm³/mol. The third-order valence-electron chi connectivity index (χ3n) is 4.97. The molecule has 2 aromatic rings. The van der Waals surface area contributed by atoms with Crippen LogP contribution in [-0.4, -0.2) is 51.4 Å². The van der Waals surface area contributed by atoms with Gasteiger partial charge < -0.3 is 10.2 Å². The molecule has 3 rings (SSSR count). The number of piperazine rings is 1. The second-order valence-corrected chi connectivity index (χ2v) is 9.21. The molecule has 0 aromatic heterocycles. The molecule has 0 radical (unpaired) electrons. The van der Waals surface area contributed by atoms with Crippen LogP contribution in [0.2, 0.25) is 0 Å². The molecule has 0 bridgehead atoms. The van der Waals surface area contributed by atoms with Crippen molar-refractivity contribution in [2.24, 2.45) is 0 Å². The summed E-state index contributed by atoms with van der Waals surface area (Å²) < 4.78 is 65.2. The number of carbonyl (C=O) groups excluding carboxylic acids is 1. The van der Waals surface area contributed by atoms with Crippen molar-refractivity contribution in [2.45, 2.75) is 18.0 Å². The van der Waals surface area contributed by atoms with E-state index >= 15 is 0 Å². The fraction of sp³-hybridized carbons (Fsp3) is 0.350. The Kier molecular flexibility index (Phi) is 6.49. The SMILES string of the molecule is Cc1ccc(S(=O)(=O)N2CC[NH+](CC(=O)Nc3cccc(C(F)(F)F)c3)CC2)cc1. The van der Waals surface area contributed by atoms with Crippen LogP contribution in [0.4, 0.5) is 18.9 Å². The molecule has 30 heavy (non-hydrogen) atoms. The first kappa shape index (κ1) is 22.3. The minimum absolute atomic E-state index is 0.0503. The summed E-state index contributed by atoms with van der Waals surface area (Å²) in [5.41, 5.74) is 0.215. The average molecular weight is 442 g/mol. The van der Waals surface area contributed by atoms with Crippen LogP contribution in [0.1, 0.15) is 11.1 Å². The molecule has 10 heteroatoms. The Bertz CT molecular complexity index is 1000. The van der Waals surface area contributed by atoms with E-state index < -0.39 is 27.7 Å². The number of alkyl halides is 3. The number of nitrogens with zero attached hydrogens (tertiary/aromatic N) is 1. The molecule has 1 fully saturated rings. The van der Waals surface area contributed by atoms with E-state index in [1.807, 2.05) is 6.92 Å². The predicted octanol–water partition coefficient (Wildman–Crippen LogP) is 1.54. The molecule has 0 aliphatic carbocycles. The number of halogens is 3. The number of carbonyl (C=O) groups is 1. The van der Waals surface area contributed by atoms with E-state index in [0.29, 0.717) is 13.1 Å². The third kappa shape index (κ3) is 5.38. The molecule has 1 heterocycles. The molecule has 6 nitrogen and oxygen atoms in total. The highest BCUT2D eigenvalue weighted by molar-refractivity contribution is 7.89. The van der Waals surface area contributed by atoms with E-state index in [-0.39, 0.29) is 30.2 Å². The number of benzene rings is 2. The summed E-state index contributed by atoms with van der Waals surface area (Å²) in [5.74, 6) is -0.417. The monoisotopic (exact) mass is 442 g/mol. The highest BCUT2D eigenvalue weighted by Gasteiger charge is 2.32. The summed E-state index contributed by atoms with van der Waals surface area (Å²) in [6.07, 6.45) is -4.48. The normalized spacial score (nSPS) is 16.4. The van der Waals surface area contributed by atoms with Crippen molar-refractivity contribution in [1.82, 2.24) is 4.31 Å². The van der Waals surface area contributed by atoms with Gasteiger partial charge in [-0.1, -0.05) is 23.8 Å². The Hall–Kier alpha value is -2.43. The fourth-order valence-electron chi connectivity index (χ4n) is 3.28. The molecule has 162 valence electrons. The quantitative estimate of drug-likeness (QED) is 0.738. The van der Waals surface area contributed by atoms with E-state index in [1.54, 1.807) is 24.3 Å². The number of aryl methyl sites for hydroxylation is 1. The summed E-state index contributed by atoms with van der Waals surface area (Å²) in [6, 6.07) is 11.1. The lowest BCUT2D eigenvalue weighted by molar-refractivity contribution is -0.895. The van der Waals surface area contributed by atoms with Crippen LogP contribution in [0.5, 0.6) is 0 Å². The summed E-state index contributed by atoms with van der Waals surface area (Å²) in [7, 11) is -3.59. The van der Waals surface area contributed by atoms with Crippen LogP contribution in [0, 0.1) is 6.92 Å². The van der Waals surface area contributed by atoms with Crippen LogP contribution in [-0.2, 0) is 21.0 Å². The summed E-state index contributed by atoms with van der Waals surface area (Å²) in [6.45, 7) is 3.32. The number of quaternary nitrogens is 1. The molecule has 1 aliphatic rings. The lowest BCUT2D eigenvalue weighted by Crippen LogP contribution is -3.15. The smallest absolute Gasteiger partial charge is 0.325 e. The highest BCUT2D eigenvalue weighted by Crippen LogP contribution is 2.30. The number of hydrogen-bond acceptors (Lipinski definition) is 3. The van der Waals surface area contributed by atoms with Crippen LogP contribution >= 0.6 is 0 Å². The first-order chi connectivity index (χ1) is 14.1. The molecule has 1 aliphatic heterocycles. The lowest BCUT2D eigenvalue weighted by atomic mass is 10.2. The Labute approximate surface area is 173 Å². The molecule has 0 spiro atoms. The first-order valence-corrected chi connectivity index (χ1v) is 10.9. The molecule has 2 aromatic carbocycles. The van der Waals surface area contributed by atoms with Crippen molar-refractivity contribution in [3.8, 4) is 0 Å². The van der Waals surface area contributed by atoms with Gasteiger partial charge in [-0.25, -0.2) is 8.42 Å². The van der Waals surface area contributed by atoms with Gasteiger partial charge in [0.2, 0.25) is 10.0 Å². The molecule has 0 unspecified atom stereocenters. The zero-order valence-corrected chi connectivity index (χ0v) is 17.2. The topological polar surface area (TPSA) is 70.9 Å². The molecule has 1 amide bonds. The zero-order valence-electron chi connectivity index (χ0n) is 16.4. The van der Waals surface area contributed by atoms with Gasteiger partial charge in [-0.15, -0.1) is 0 Å². The summed E-state index contributed by atoms with van der Waals surface area (Å²) >= 11 is 0. The maximum absolute atomic E-state index is 12.8. The summed E-state index contributed by atoms with van der Waals surface area (Å²) in [5, 5.41) is 2.48. The highest BCUT2D eigenvalue weighted by atomic mass is 32.2. The minimum Gasteiger partial charge on any atom is -0.325 e. The van der Waals surface area contributed by atoms with Gasteiger partial charge in [0.05, 0.1) is 36.6 Å². The van der Waals surface area contributed by atoms with Crippen molar-refractivity contribution in [2.75, 3.05) is 38.0 Å². The van der Waals surface area contributed by atoms with E-state index in [9.17, 15) is 26.4 Å². The first-order valence-electron chi connectivity index (χ1n) is 9.43. The number of hydrogen-bond donors (Lipinski definition) is 2. The number of nitrogens with one attached hydrogen (secondary N) is 2. The standard InChI is InChI=1S/C20H22F3N3O3S/c1-15-5-7-18(8-6-15)30(28,29)26-11-9-25(10-12-26)14-19(27)24-17-4-2-3-16(13-17)20(21,22)23/h2-8,13H,9-12,14H2,1H3,(H,24,27)/p+1. The average Bonchev–Trinajstić information content (AvgIpc) is 2.68. The molecule has 0 atom stereocenters. The number of anilines is 1. The van der Waals surface area contributed by atoms with Crippen LogP contribution < -0.4 is 10.2 Å². The second-order valence-electron chi connectivity index (χ2n) is 7.27. The van der Waals surface area contributed by atoms with Crippen molar-refractivity contribution in [3.63, 3.8) is 0 Å². The molecule has 0 saturated carbocycles. The van der Waals surface area contributed by atoms with E-state index in [4.69, 9.17) is 0 Å². The van der Waals surface area contributed by atoms with E-state index in [1.165, 1.54) is 16.4 Å². The second kappa shape index (κ2) is 8.75. The van der Waals surface area contributed by atoms with Crippen molar-refractivity contribution < 1.29 is 31.3 Å². The third-order valence-corrected chi connectivity index (χ3v) is 6.89. The van der Waals surface area contributed by atoms with Gasteiger partial charge in [-0.05, 0) is 37.3 Å². The molecule has 1 saturated heterocycles. The lowest BCUT2D eigenvalue weighted by Gasteiger charge is -2.31. The van der Waals surface area contributed by atoms with Crippen LogP contribution in [0.3, 0.4) is 0 Å². The number of amides is 1.